The van der Waals surface area contributed by atoms with Gasteiger partial charge in [-0.15, -0.1) is 0 Å². The van der Waals surface area contributed by atoms with Gasteiger partial charge in [-0.25, -0.2) is 0 Å². The Kier molecular flexibility index (Phi) is 6.16. The number of piperidine rings is 1. The fourth-order valence-corrected chi connectivity index (χ4v) is 3.66. The number of hydrogen-bond donors (Lipinski definition) is 2. The smallest absolute Gasteiger partial charge is 0.291 e. The van der Waals surface area contributed by atoms with E-state index in [1.165, 1.54) is 12.7 Å². The number of furan rings is 1. The fourth-order valence-electron chi connectivity index (χ4n) is 3.66. The average Bonchev–Trinajstić information content (AvgIpc) is 3.18. The van der Waals surface area contributed by atoms with Crippen LogP contribution in [-0.4, -0.2) is 36.9 Å². The molecule has 2 heterocycles. The number of amides is 1. The predicted octanol–water partition coefficient (Wildman–Crippen LogP) is 3.59. The van der Waals surface area contributed by atoms with Gasteiger partial charge in [-0.2, -0.15) is 0 Å². The summed E-state index contributed by atoms with van der Waals surface area (Å²) in [7, 11) is 1.83. The molecule has 0 saturated carbocycles. The summed E-state index contributed by atoms with van der Waals surface area (Å²) in [5.74, 6) is 2.37. The quantitative estimate of drug-likeness (QED) is 0.639. The Hall–Kier alpha value is -2.76. The lowest BCUT2D eigenvalue weighted by molar-refractivity contribution is 0.0996. The molecule has 27 heavy (non-hydrogen) atoms. The number of carbonyl (C=O) groups is 1. The lowest BCUT2D eigenvalue weighted by Crippen LogP contribution is -2.48. The van der Waals surface area contributed by atoms with Gasteiger partial charge in [0, 0.05) is 32.4 Å². The van der Waals surface area contributed by atoms with Crippen molar-refractivity contribution >= 4 is 17.6 Å². The first-order valence-electron chi connectivity index (χ1n) is 9.44. The van der Waals surface area contributed by atoms with Crippen molar-refractivity contribution in [2.45, 2.75) is 26.8 Å². The molecule has 6 nitrogen and oxygen atoms in total. The second-order valence-corrected chi connectivity index (χ2v) is 7.38. The molecule has 2 atom stereocenters. The molecule has 0 bridgehead atoms. The van der Waals surface area contributed by atoms with Gasteiger partial charge in [-0.3, -0.25) is 9.79 Å². The first kappa shape index (κ1) is 19.0. The van der Waals surface area contributed by atoms with Crippen molar-refractivity contribution in [2.24, 2.45) is 16.8 Å². The molecule has 1 amide bonds. The van der Waals surface area contributed by atoms with E-state index >= 15 is 0 Å². The fraction of sp³-hybridized carbons (Fsp3) is 0.429. The minimum Gasteiger partial charge on any atom is -0.459 e. The van der Waals surface area contributed by atoms with E-state index in [-0.39, 0.29) is 5.91 Å². The SMILES string of the molecule is CN=C(NCc1ccc(NC(=O)c2ccco2)cc1)N1CC(C)CC(C)C1. The summed E-state index contributed by atoms with van der Waals surface area (Å²) in [4.78, 5) is 18.8. The summed E-state index contributed by atoms with van der Waals surface area (Å²) in [6.45, 7) is 7.37. The molecule has 2 unspecified atom stereocenters. The van der Waals surface area contributed by atoms with Gasteiger partial charge in [0.15, 0.2) is 11.7 Å². The van der Waals surface area contributed by atoms with Gasteiger partial charge in [-0.05, 0) is 48.1 Å². The molecule has 144 valence electrons. The summed E-state index contributed by atoms with van der Waals surface area (Å²) >= 11 is 0. The molecule has 1 saturated heterocycles. The topological polar surface area (TPSA) is 69.9 Å². The third-order valence-corrected chi connectivity index (χ3v) is 4.79. The number of carbonyl (C=O) groups excluding carboxylic acids is 1. The maximum absolute atomic E-state index is 12.0. The molecule has 2 N–H and O–H groups in total. The molecule has 1 aromatic carbocycles. The first-order chi connectivity index (χ1) is 13.0. The van der Waals surface area contributed by atoms with Crippen LogP contribution in [0.5, 0.6) is 0 Å². The third kappa shape index (κ3) is 5.12. The lowest BCUT2D eigenvalue weighted by Gasteiger charge is -2.37. The molecule has 6 heteroatoms. The summed E-state index contributed by atoms with van der Waals surface area (Å²) in [6.07, 6.45) is 2.76. The number of nitrogens with zero attached hydrogens (tertiary/aromatic N) is 2. The molecule has 0 radical (unpaired) electrons. The van der Waals surface area contributed by atoms with Crippen molar-refractivity contribution < 1.29 is 9.21 Å². The number of aliphatic imine (C=N–C) groups is 1. The van der Waals surface area contributed by atoms with Crippen molar-refractivity contribution in [2.75, 3.05) is 25.5 Å². The Labute approximate surface area is 160 Å². The van der Waals surface area contributed by atoms with E-state index in [4.69, 9.17) is 4.42 Å². The molecule has 2 aromatic rings. The van der Waals surface area contributed by atoms with Crippen LogP contribution >= 0.6 is 0 Å². The van der Waals surface area contributed by atoms with Gasteiger partial charge < -0.3 is 20.0 Å². The molecule has 1 aliphatic heterocycles. The molecular formula is C21H28N4O2. The molecule has 0 spiro atoms. The Morgan fingerprint density at radius 2 is 1.89 bits per heavy atom. The van der Waals surface area contributed by atoms with E-state index in [2.05, 4.69) is 34.4 Å². The van der Waals surface area contributed by atoms with Gasteiger partial charge in [0.1, 0.15) is 0 Å². The molecule has 3 rings (SSSR count). The zero-order valence-electron chi connectivity index (χ0n) is 16.2. The van der Waals surface area contributed by atoms with E-state index in [9.17, 15) is 4.79 Å². The first-order valence-corrected chi connectivity index (χ1v) is 9.44. The molecule has 1 fully saturated rings. The van der Waals surface area contributed by atoms with Crippen LogP contribution in [0.3, 0.4) is 0 Å². The largest absolute Gasteiger partial charge is 0.459 e. The minimum atomic E-state index is -0.250. The summed E-state index contributed by atoms with van der Waals surface area (Å²) in [5.41, 5.74) is 1.87. The van der Waals surface area contributed by atoms with Gasteiger partial charge in [0.05, 0.1) is 6.26 Å². The summed E-state index contributed by atoms with van der Waals surface area (Å²) < 4.78 is 5.10. The minimum absolute atomic E-state index is 0.250. The number of likely N-dealkylation sites (tertiary alicyclic amines) is 1. The molecule has 1 aliphatic rings. The van der Waals surface area contributed by atoms with E-state index in [1.807, 2.05) is 31.3 Å². The van der Waals surface area contributed by atoms with Crippen LogP contribution in [-0.2, 0) is 6.54 Å². The highest BCUT2D eigenvalue weighted by Gasteiger charge is 2.23. The van der Waals surface area contributed by atoms with E-state index in [0.717, 1.165) is 30.3 Å². The Morgan fingerprint density at radius 1 is 1.19 bits per heavy atom. The van der Waals surface area contributed by atoms with Gasteiger partial charge in [0.25, 0.3) is 5.91 Å². The summed E-state index contributed by atoms with van der Waals surface area (Å²) in [5, 5.41) is 6.28. The highest BCUT2D eigenvalue weighted by atomic mass is 16.3. The summed E-state index contributed by atoms with van der Waals surface area (Å²) in [6, 6.07) is 11.1. The second-order valence-electron chi connectivity index (χ2n) is 7.38. The molecular weight excluding hydrogens is 340 g/mol. The normalized spacial score (nSPS) is 20.4. The van der Waals surface area contributed by atoms with Gasteiger partial charge in [0.2, 0.25) is 0 Å². The van der Waals surface area contributed by atoms with Crippen molar-refractivity contribution in [1.29, 1.82) is 0 Å². The van der Waals surface area contributed by atoms with Crippen molar-refractivity contribution in [3.63, 3.8) is 0 Å². The molecule has 0 aliphatic carbocycles. The highest BCUT2D eigenvalue weighted by Crippen LogP contribution is 2.21. The van der Waals surface area contributed by atoms with E-state index in [1.54, 1.807) is 12.1 Å². The van der Waals surface area contributed by atoms with Crippen LogP contribution < -0.4 is 10.6 Å². The highest BCUT2D eigenvalue weighted by molar-refractivity contribution is 6.02. The Balaban J connectivity index is 1.54. The predicted molar refractivity (Wildman–Crippen MR) is 108 cm³/mol. The van der Waals surface area contributed by atoms with Crippen molar-refractivity contribution in [3.05, 3.63) is 54.0 Å². The van der Waals surface area contributed by atoms with E-state index < -0.39 is 0 Å². The maximum atomic E-state index is 12.0. The van der Waals surface area contributed by atoms with Gasteiger partial charge >= 0.3 is 0 Å². The standard InChI is InChI=1S/C21H28N4O2/c1-15-11-16(2)14-25(13-15)21(22-3)23-12-17-6-8-18(9-7-17)24-20(26)19-5-4-10-27-19/h4-10,15-16H,11-14H2,1-3H3,(H,22,23)(H,24,26). The van der Waals surface area contributed by atoms with Crippen LogP contribution in [0.25, 0.3) is 0 Å². The molecule has 1 aromatic heterocycles. The maximum Gasteiger partial charge on any atom is 0.291 e. The van der Waals surface area contributed by atoms with Crippen molar-refractivity contribution in [3.8, 4) is 0 Å². The Morgan fingerprint density at radius 3 is 2.48 bits per heavy atom. The van der Waals surface area contributed by atoms with Crippen LogP contribution in [0.4, 0.5) is 5.69 Å². The zero-order chi connectivity index (χ0) is 19.2. The number of rotatable bonds is 4. The number of guanidine groups is 1. The van der Waals surface area contributed by atoms with Crippen LogP contribution in [0.1, 0.15) is 36.4 Å². The number of nitrogens with one attached hydrogen (secondary N) is 2. The van der Waals surface area contributed by atoms with E-state index in [0.29, 0.717) is 24.1 Å². The zero-order valence-corrected chi connectivity index (χ0v) is 16.2. The number of anilines is 1. The monoisotopic (exact) mass is 368 g/mol. The second kappa shape index (κ2) is 8.75. The third-order valence-electron chi connectivity index (χ3n) is 4.79. The van der Waals surface area contributed by atoms with Crippen LogP contribution in [0.2, 0.25) is 0 Å². The number of benzene rings is 1. The van der Waals surface area contributed by atoms with Crippen molar-refractivity contribution in [1.82, 2.24) is 10.2 Å². The van der Waals surface area contributed by atoms with Gasteiger partial charge in [-0.1, -0.05) is 26.0 Å². The number of hydrogen-bond acceptors (Lipinski definition) is 3. The lowest BCUT2D eigenvalue weighted by atomic mass is 9.92. The Bertz CT molecular complexity index is 758. The van der Waals surface area contributed by atoms with Crippen LogP contribution in [0, 0.1) is 11.8 Å². The average molecular weight is 368 g/mol. The van der Waals surface area contributed by atoms with Crippen LogP contribution in [0.15, 0.2) is 52.1 Å².